The van der Waals surface area contributed by atoms with Gasteiger partial charge in [-0.05, 0) is 55.2 Å². The number of hydrogen-bond donors (Lipinski definition) is 2. The van der Waals surface area contributed by atoms with Crippen LogP contribution >= 0.6 is 0 Å². The van der Waals surface area contributed by atoms with Gasteiger partial charge in [-0.2, -0.15) is 0 Å². The third-order valence-corrected chi connectivity index (χ3v) is 5.13. The van der Waals surface area contributed by atoms with E-state index in [1.54, 1.807) is 12.1 Å². The van der Waals surface area contributed by atoms with E-state index in [0.29, 0.717) is 23.0 Å². The topological polar surface area (TPSA) is 94.5 Å². The molecule has 1 fully saturated rings. The molecule has 164 valence electrons. The van der Waals surface area contributed by atoms with Crippen molar-refractivity contribution in [2.75, 3.05) is 7.11 Å². The van der Waals surface area contributed by atoms with Gasteiger partial charge in [0.2, 0.25) is 0 Å². The molecule has 0 spiro atoms. The molecule has 1 aliphatic rings. The van der Waals surface area contributed by atoms with Crippen molar-refractivity contribution in [3.63, 3.8) is 0 Å². The van der Waals surface area contributed by atoms with E-state index >= 15 is 0 Å². The van der Waals surface area contributed by atoms with Crippen LogP contribution in [0.1, 0.15) is 28.9 Å². The number of halogens is 3. The third kappa shape index (κ3) is 4.88. The average molecular weight is 434 g/mol. The van der Waals surface area contributed by atoms with Crippen LogP contribution in [-0.4, -0.2) is 35.3 Å². The lowest BCUT2D eigenvalue weighted by molar-refractivity contribution is -0.274. The van der Waals surface area contributed by atoms with E-state index in [9.17, 15) is 22.8 Å². The molecular weight excluding hydrogens is 413 g/mol. The molecule has 1 aromatic heterocycles. The SMILES string of the molecule is CO.NC(=O)c1cc2ccc(OC(F)(F)F)cc2n1-c1cccc(CC2(C=O)CC2)c1. The quantitative estimate of drug-likeness (QED) is 0.578. The highest BCUT2D eigenvalue weighted by Crippen LogP contribution is 2.46. The first-order chi connectivity index (χ1) is 14.7. The Morgan fingerprint density at radius 1 is 1.19 bits per heavy atom. The fraction of sp³-hybridized carbons (Fsp3) is 0.273. The number of benzene rings is 2. The second-order valence-electron chi connectivity index (χ2n) is 7.32. The van der Waals surface area contributed by atoms with Crippen LogP contribution in [0.25, 0.3) is 16.6 Å². The van der Waals surface area contributed by atoms with Gasteiger partial charge in [-0.3, -0.25) is 4.79 Å². The summed E-state index contributed by atoms with van der Waals surface area (Å²) in [6.07, 6.45) is -1.63. The fourth-order valence-corrected chi connectivity index (χ4v) is 3.55. The number of rotatable bonds is 6. The largest absolute Gasteiger partial charge is 0.573 e. The Bertz CT molecular complexity index is 1120. The van der Waals surface area contributed by atoms with Gasteiger partial charge in [-0.25, -0.2) is 0 Å². The number of fused-ring (bicyclic) bond motifs is 1. The highest BCUT2D eigenvalue weighted by atomic mass is 19.4. The third-order valence-electron chi connectivity index (χ3n) is 5.13. The molecule has 1 aliphatic carbocycles. The predicted octanol–water partition coefficient (Wildman–Crippen LogP) is 3.76. The number of aromatic nitrogens is 1. The molecule has 1 amide bonds. The van der Waals surface area contributed by atoms with Crippen LogP contribution in [0.5, 0.6) is 5.75 Å². The Morgan fingerprint density at radius 2 is 1.90 bits per heavy atom. The van der Waals surface area contributed by atoms with E-state index in [2.05, 4.69) is 4.74 Å². The van der Waals surface area contributed by atoms with Crippen molar-refractivity contribution in [3.8, 4) is 11.4 Å². The minimum atomic E-state index is -4.83. The van der Waals surface area contributed by atoms with Gasteiger partial charge in [0.05, 0.1) is 5.52 Å². The van der Waals surface area contributed by atoms with Gasteiger partial charge >= 0.3 is 6.36 Å². The summed E-state index contributed by atoms with van der Waals surface area (Å²) in [5.41, 5.74) is 7.13. The summed E-state index contributed by atoms with van der Waals surface area (Å²) >= 11 is 0. The van der Waals surface area contributed by atoms with Crippen molar-refractivity contribution in [2.45, 2.75) is 25.6 Å². The lowest BCUT2D eigenvalue weighted by Gasteiger charge is -2.13. The maximum absolute atomic E-state index is 12.6. The molecule has 3 aromatic rings. The summed E-state index contributed by atoms with van der Waals surface area (Å²) < 4.78 is 43.4. The Kier molecular flexibility index (Phi) is 6.08. The van der Waals surface area contributed by atoms with Gasteiger partial charge in [0.1, 0.15) is 17.7 Å². The molecule has 0 unspecified atom stereocenters. The second kappa shape index (κ2) is 8.43. The van der Waals surface area contributed by atoms with Gasteiger partial charge in [-0.15, -0.1) is 13.2 Å². The van der Waals surface area contributed by atoms with Gasteiger partial charge < -0.3 is 24.9 Å². The van der Waals surface area contributed by atoms with E-state index in [1.807, 2.05) is 12.1 Å². The maximum atomic E-state index is 12.6. The Morgan fingerprint density at radius 3 is 2.48 bits per heavy atom. The Labute approximate surface area is 176 Å². The van der Waals surface area contributed by atoms with Crippen molar-refractivity contribution in [1.29, 1.82) is 0 Å². The lowest BCUT2D eigenvalue weighted by Crippen LogP contribution is -2.17. The highest BCUT2D eigenvalue weighted by molar-refractivity contribution is 5.99. The van der Waals surface area contributed by atoms with Gasteiger partial charge in [0.15, 0.2) is 0 Å². The van der Waals surface area contributed by atoms with Crippen molar-refractivity contribution in [3.05, 3.63) is 59.8 Å². The minimum absolute atomic E-state index is 0.137. The van der Waals surface area contributed by atoms with Crippen LogP contribution in [0.2, 0.25) is 0 Å². The monoisotopic (exact) mass is 434 g/mol. The number of ether oxygens (including phenoxy) is 1. The molecule has 0 aliphatic heterocycles. The van der Waals surface area contributed by atoms with Crippen LogP contribution in [0.15, 0.2) is 48.5 Å². The lowest BCUT2D eigenvalue weighted by atomic mass is 9.98. The number of nitrogens with two attached hydrogens (primary N) is 1. The molecule has 0 saturated heterocycles. The first kappa shape index (κ1) is 22.4. The maximum Gasteiger partial charge on any atom is 0.573 e. The zero-order valence-electron chi connectivity index (χ0n) is 16.6. The summed E-state index contributed by atoms with van der Waals surface area (Å²) in [6, 6.07) is 12.6. The van der Waals surface area contributed by atoms with Crippen LogP contribution in [-0.2, 0) is 11.2 Å². The number of aliphatic hydroxyl groups is 1. The molecule has 4 rings (SSSR count). The zero-order valence-corrected chi connectivity index (χ0v) is 16.6. The second-order valence-corrected chi connectivity index (χ2v) is 7.32. The summed E-state index contributed by atoms with van der Waals surface area (Å²) in [4.78, 5) is 23.3. The van der Waals surface area contributed by atoms with E-state index in [0.717, 1.165) is 31.8 Å². The summed E-state index contributed by atoms with van der Waals surface area (Å²) in [7, 11) is 1.00. The number of nitrogens with zero attached hydrogens (tertiary/aromatic N) is 1. The molecule has 3 N–H and O–H groups in total. The van der Waals surface area contributed by atoms with Crippen molar-refractivity contribution >= 4 is 23.1 Å². The first-order valence-electron chi connectivity index (χ1n) is 9.41. The number of carbonyl (C=O) groups is 2. The molecule has 0 radical (unpaired) electrons. The van der Waals surface area contributed by atoms with E-state index in [-0.39, 0.29) is 11.1 Å². The van der Waals surface area contributed by atoms with Crippen LogP contribution in [0.3, 0.4) is 0 Å². The number of amides is 1. The van der Waals surface area contributed by atoms with Crippen molar-refractivity contribution in [2.24, 2.45) is 11.1 Å². The van der Waals surface area contributed by atoms with Gasteiger partial charge in [-0.1, -0.05) is 12.1 Å². The number of aliphatic hydroxyl groups excluding tert-OH is 1. The number of alkyl halides is 3. The first-order valence-corrected chi connectivity index (χ1v) is 9.41. The molecule has 0 atom stereocenters. The van der Waals surface area contributed by atoms with Crippen molar-refractivity contribution in [1.82, 2.24) is 4.57 Å². The summed E-state index contributed by atoms with van der Waals surface area (Å²) in [5, 5.41) is 7.55. The number of hydrogen-bond acceptors (Lipinski definition) is 4. The number of carbonyl (C=O) groups excluding carboxylic acids is 2. The van der Waals surface area contributed by atoms with Crippen LogP contribution in [0.4, 0.5) is 13.2 Å². The summed E-state index contributed by atoms with van der Waals surface area (Å²) in [5.74, 6) is -1.11. The van der Waals surface area contributed by atoms with E-state index in [4.69, 9.17) is 10.8 Å². The smallest absolute Gasteiger partial charge is 0.406 e. The molecular formula is C22H21F3N2O4. The average Bonchev–Trinajstić information content (AvgIpc) is 3.39. The van der Waals surface area contributed by atoms with Crippen LogP contribution < -0.4 is 10.5 Å². The zero-order chi connectivity index (χ0) is 22.8. The minimum Gasteiger partial charge on any atom is -0.406 e. The standard InChI is InChI=1S/C21H17F3N2O3.CH4O/c22-21(23,24)29-16-5-4-14-9-18(19(25)28)26(17(14)10-16)15-3-1-2-13(8-15)11-20(12-27)6-7-20;1-2/h1-5,8-10,12H,6-7,11H2,(H2,25,28);2H,1H3. The Hall–Kier alpha value is -3.33. The van der Waals surface area contributed by atoms with Gasteiger partial charge in [0.25, 0.3) is 5.91 Å². The molecule has 31 heavy (non-hydrogen) atoms. The van der Waals surface area contributed by atoms with Crippen molar-refractivity contribution < 1.29 is 32.6 Å². The van der Waals surface area contributed by atoms with E-state index < -0.39 is 18.0 Å². The molecule has 2 aromatic carbocycles. The normalized spacial score (nSPS) is 14.5. The fourth-order valence-electron chi connectivity index (χ4n) is 3.55. The van der Waals surface area contributed by atoms with E-state index in [1.165, 1.54) is 28.8 Å². The van der Waals surface area contributed by atoms with Gasteiger partial charge in [0, 0.05) is 29.7 Å². The number of aldehydes is 1. The molecule has 6 nitrogen and oxygen atoms in total. The predicted molar refractivity (Wildman–Crippen MR) is 108 cm³/mol. The molecule has 1 heterocycles. The molecule has 0 bridgehead atoms. The molecule has 1 saturated carbocycles. The van der Waals surface area contributed by atoms with Crippen LogP contribution in [0, 0.1) is 5.41 Å². The number of primary amides is 1. The summed E-state index contributed by atoms with van der Waals surface area (Å²) in [6.45, 7) is 0. The highest BCUT2D eigenvalue weighted by Gasteiger charge is 2.42. The molecule has 9 heteroatoms. The Balaban J connectivity index is 0.00000132.